The fourth-order valence-corrected chi connectivity index (χ4v) is 2.17. The van der Waals surface area contributed by atoms with Gasteiger partial charge in [0.1, 0.15) is 5.75 Å². The molecular formula is C16H15N5O2. The zero-order valence-corrected chi connectivity index (χ0v) is 12.7. The van der Waals surface area contributed by atoms with Gasteiger partial charge in [0.2, 0.25) is 5.82 Å². The van der Waals surface area contributed by atoms with Crippen LogP contribution in [-0.2, 0) is 0 Å². The number of tetrazole rings is 1. The third-order valence-electron chi connectivity index (χ3n) is 3.35. The van der Waals surface area contributed by atoms with Crippen LogP contribution < -0.4 is 10.1 Å². The molecule has 0 unspecified atom stereocenters. The first-order chi connectivity index (χ1) is 11.2. The summed E-state index contributed by atoms with van der Waals surface area (Å²) in [6.45, 7) is 1.95. The van der Waals surface area contributed by atoms with Gasteiger partial charge in [0.05, 0.1) is 12.8 Å². The number of H-pyrrole nitrogens is 1. The van der Waals surface area contributed by atoms with Crippen molar-refractivity contribution in [1.29, 1.82) is 0 Å². The predicted octanol–water partition coefficient (Wildman–Crippen LogP) is 2.44. The van der Waals surface area contributed by atoms with Gasteiger partial charge in [-0.1, -0.05) is 18.2 Å². The second kappa shape index (κ2) is 6.27. The van der Waals surface area contributed by atoms with Crippen LogP contribution in [0.2, 0.25) is 0 Å². The zero-order valence-electron chi connectivity index (χ0n) is 12.7. The van der Waals surface area contributed by atoms with Gasteiger partial charge >= 0.3 is 0 Å². The Morgan fingerprint density at radius 1 is 1.17 bits per heavy atom. The van der Waals surface area contributed by atoms with Crippen LogP contribution in [0, 0.1) is 6.92 Å². The highest BCUT2D eigenvalue weighted by Crippen LogP contribution is 2.26. The number of carbonyl (C=O) groups excluding carboxylic acids is 1. The Hall–Kier alpha value is -3.22. The first-order valence-electron chi connectivity index (χ1n) is 6.97. The lowest BCUT2D eigenvalue weighted by Crippen LogP contribution is -2.12. The molecule has 0 saturated heterocycles. The van der Waals surface area contributed by atoms with E-state index in [0.717, 1.165) is 11.1 Å². The van der Waals surface area contributed by atoms with Gasteiger partial charge in [-0.05, 0) is 42.0 Å². The molecule has 2 aromatic carbocycles. The van der Waals surface area contributed by atoms with E-state index in [1.165, 1.54) is 0 Å². The minimum absolute atomic E-state index is 0.214. The fraction of sp³-hybridized carbons (Fsp3) is 0.125. The van der Waals surface area contributed by atoms with Gasteiger partial charge in [-0.25, -0.2) is 0 Å². The molecule has 1 aromatic heterocycles. The van der Waals surface area contributed by atoms with Crippen LogP contribution in [0.5, 0.6) is 5.75 Å². The minimum atomic E-state index is -0.214. The summed E-state index contributed by atoms with van der Waals surface area (Å²) in [5, 5.41) is 16.6. The van der Waals surface area contributed by atoms with Crippen LogP contribution >= 0.6 is 0 Å². The van der Waals surface area contributed by atoms with E-state index in [1.807, 2.05) is 25.1 Å². The average molecular weight is 309 g/mol. The summed E-state index contributed by atoms with van der Waals surface area (Å²) in [5.74, 6) is 0.887. The van der Waals surface area contributed by atoms with Crippen molar-refractivity contribution in [2.24, 2.45) is 0 Å². The van der Waals surface area contributed by atoms with Crippen molar-refractivity contribution in [3.63, 3.8) is 0 Å². The maximum absolute atomic E-state index is 12.4. The third-order valence-corrected chi connectivity index (χ3v) is 3.35. The Kier molecular flexibility index (Phi) is 4.01. The van der Waals surface area contributed by atoms with E-state index in [9.17, 15) is 4.79 Å². The average Bonchev–Trinajstić information content (AvgIpc) is 3.10. The molecule has 0 atom stereocenters. The lowest BCUT2D eigenvalue weighted by Gasteiger charge is -2.11. The van der Waals surface area contributed by atoms with Gasteiger partial charge in [0, 0.05) is 11.1 Å². The first kappa shape index (κ1) is 14.7. The summed E-state index contributed by atoms with van der Waals surface area (Å²) >= 11 is 0. The van der Waals surface area contributed by atoms with Gasteiger partial charge in [-0.15, -0.1) is 10.2 Å². The Morgan fingerprint density at radius 2 is 1.96 bits per heavy atom. The molecule has 116 valence electrons. The largest absolute Gasteiger partial charge is 0.495 e. The standard InChI is InChI=1S/C16H15N5O2/c1-10-3-8-14(23-2)13(9-10)17-16(22)12-6-4-11(5-7-12)15-18-20-21-19-15/h3-9H,1-2H3,(H,17,22)(H,18,19,20,21). The SMILES string of the molecule is COc1ccc(C)cc1NC(=O)c1ccc(-c2nn[nH]n2)cc1. The molecule has 0 bridgehead atoms. The van der Waals surface area contributed by atoms with Gasteiger partial charge in [-0.2, -0.15) is 5.21 Å². The number of ether oxygens (including phenoxy) is 1. The van der Waals surface area contributed by atoms with Crippen LogP contribution in [0.3, 0.4) is 0 Å². The van der Waals surface area contributed by atoms with Crippen LogP contribution in [0.15, 0.2) is 42.5 Å². The van der Waals surface area contributed by atoms with E-state index in [1.54, 1.807) is 31.4 Å². The summed E-state index contributed by atoms with van der Waals surface area (Å²) in [6, 6.07) is 12.6. The smallest absolute Gasteiger partial charge is 0.255 e. The Labute approximate surface area is 132 Å². The Bertz CT molecular complexity index is 813. The molecule has 7 heteroatoms. The summed E-state index contributed by atoms with van der Waals surface area (Å²) in [4.78, 5) is 12.4. The topological polar surface area (TPSA) is 92.8 Å². The van der Waals surface area contributed by atoms with E-state index >= 15 is 0 Å². The second-order valence-electron chi connectivity index (χ2n) is 4.97. The van der Waals surface area contributed by atoms with Crippen LogP contribution in [-0.4, -0.2) is 33.6 Å². The highest BCUT2D eigenvalue weighted by atomic mass is 16.5. The van der Waals surface area contributed by atoms with E-state index in [4.69, 9.17) is 4.74 Å². The van der Waals surface area contributed by atoms with Gasteiger partial charge < -0.3 is 10.1 Å². The predicted molar refractivity (Wildman–Crippen MR) is 85.3 cm³/mol. The fourth-order valence-electron chi connectivity index (χ4n) is 2.17. The Morgan fingerprint density at radius 3 is 2.61 bits per heavy atom. The molecule has 23 heavy (non-hydrogen) atoms. The van der Waals surface area contributed by atoms with Gasteiger partial charge in [0.25, 0.3) is 5.91 Å². The number of methoxy groups -OCH3 is 1. The number of aryl methyl sites for hydroxylation is 1. The molecule has 0 radical (unpaired) electrons. The number of aromatic amines is 1. The molecular weight excluding hydrogens is 294 g/mol. The quantitative estimate of drug-likeness (QED) is 0.772. The molecule has 1 heterocycles. The van der Waals surface area contributed by atoms with Crippen LogP contribution in [0.4, 0.5) is 5.69 Å². The zero-order chi connectivity index (χ0) is 16.2. The van der Waals surface area contributed by atoms with Crippen LogP contribution in [0.25, 0.3) is 11.4 Å². The van der Waals surface area contributed by atoms with Crippen molar-refractivity contribution < 1.29 is 9.53 Å². The number of rotatable bonds is 4. The molecule has 0 fully saturated rings. The second-order valence-corrected chi connectivity index (χ2v) is 4.97. The van der Waals surface area contributed by atoms with Crippen molar-refractivity contribution >= 4 is 11.6 Å². The molecule has 0 saturated carbocycles. The van der Waals surface area contributed by atoms with Crippen molar-refractivity contribution in [2.75, 3.05) is 12.4 Å². The molecule has 3 rings (SSSR count). The number of aromatic nitrogens is 4. The molecule has 2 N–H and O–H groups in total. The summed E-state index contributed by atoms with van der Waals surface area (Å²) in [7, 11) is 1.57. The minimum Gasteiger partial charge on any atom is -0.495 e. The van der Waals surface area contributed by atoms with E-state index in [0.29, 0.717) is 22.8 Å². The summed E-state index contributed by atoms with van der Waals surface area (Å²) < 4.78 is 5.26. The number of hydrogen-bond donors (Lipinski definition) is 2. The summed E-state index contributed by atoms with van der Waals surface area (Å²) in [6.07, 6.45) is 0. The number of carbonyl (C=O) groups is 1. The van der Waals surface area contributed by atoms with Gasteiger partial charge in [0.15, 0.2) is 0 Å². The monoisotopic (exact) mass is 309 g/mol. The first-order valence-corrected chi connectivity index (χ1v) is 6.97. The number of amides is 1. The normalized spacial score (nSPS) is 10.3. The number of benzene rings is 2. The molecule has 0 spiro atoms. The number of nitrogens with one attached hydrogen (secondary N) is 2. The van der Waals surface area contributed by atoms with Crippen molar-refractivity contribution in [3.05, 3.63) is 53.6 Å². The molecule has 0 aliphatic rings. The van der Waals surface area contributed by atoms with Crippen molar-refractivity contribution in [2.45, 2.75) is 6.92 Å². The maximum Gasteiger partial charge on any atom is 0.255 e. The number of hydrogen-bond acceptors (Lipinski definition) is 5. The molecule has 7 nitrogen and oxygen atoms in total. The lowest BCUT2D eigenvalue weighted by atomic mass is 10.1. The van der Waals surface area contributed by atoms with E-state index in [-0.39, 0.29) is 5.91 Å². The lowest BCUT2D eigenvalue weighted by molar-refractivity contribution is 0.102. The molecule has 1 amide bonds. The van der Waals surface area contributed by atoms with Crippen molar-refractivity contribution in [1.82, 2.24) is 20.6 Å². The third kappa shape index (κ3) is 3.18. The Balaban J connectivity index is 1.80. The number of anilines is 1. The van der Waals surface area contributed by atoms with Gasteiger partial charge in [-0.3, -0.25) is 4.79 Å². The summed E-state index contributed by atoms with van der Waals surface area (Å²) in [5.41, 5.74) is 2.98. The molecule has 0 aliphatic heterocycles. The van der Waals surface area contributed by atoms with E-state index < -0.39 is 0 Å². The number of nitrogens with zero attached hydrogens (tertiary/aromatic N) is 3. The molecule has 3 aromatic rings. The van der Waals surface area contributed by atoms with E-state index in [2.05, 4.69) is 25.9 Å². The van der Waals surface area contributed by atoms with Crippen molar-refractivity contribution in [3.8, 4) is 17.1 Å². The van der Waals surface area contributed by atoms with Crippen LogP contribution in [0.1, 0.15) is 15.9 Å². The highest BCUT2D eigenvalue weighted by Gasteiger charge is 2.11. The highest BCUT2D eigenvalue weighted by molar-refractivity contribution is 6.05. The maximum atomic E-state index is 12.4. The molecule has 0 aliphatic carbocycles.